The van der Waals surface area contributed by atoms with Crippen molar-refractivity contribution in [1.29, 1.82) is 0 Å². The highest BCUT2D eigenvalue weighted by atomic mass is 16.7. The summed E-state index contributed by atoms with van der Waals surface area (Å²) in [6, 6.07) is 27.6. The van der Waals surface area contributed by atoms with Crippen LogP contribution in [0.2, 0.25) is 0 Å². The van der Waals surface area contributed by atoms with Crippen LogP contribution in [0.4, 0.5) is 0 Å². The van der Waals surface area contributed by atoms with E-state index in [-0.39, 0.29) is 18.1 Å². The van der Waals surface area contributed by atoms with Crippen molar-refractivity contribution in [3.8, 4) is 11.5 Å². The number of amides is 1. The van der Waals surface area contributed by atoms with Crippen molar-refractivity contribution in [3.63, 3.8) is 0 Å². The number of hydrogen-bond acceptors (Lipinski definition) is 5. The van der Waals surface area contributed by atoms with Crippen LogP contribution < -0.4 is 9.47 Å². The summed E-state index contributed by atoms with van der Waals surface area (Å²) < 4.78 is 13.5. The largest absolute Gasteiger partial charge is 0.454 e. The molecule has 1 aromatic heterocycles. The molecule has 0 saturated carbocycles. The summed E-state index contributed by atoms with van der Waals surface area (Å²) >= 11 is 0. The first kappa shape index (κ1) is 28.6. The van der Waals surface area contributed by atoms with Crippen LogP contribution in [0, 0.1) is 6.92 Å². The summed E-state index contributed by atoms with van der Waals surface area (Å²) in [5, 5.41) is 0. The fourth-order valence-electron chi connectivity index (χ4n) is 8.96. The number of carbonyl (C=O) groups excluding carboxylic acids is 1. The number of piperidine rings is 2. The van der Waals surface area contributed by atoms with Crippen molar-refractivity contribution in [2.24, 2.45) is 0 Å². The van der Waals surface area contributed by atoms with Gasteiger partial charge >= 0.3 is 0 Å². The van der Waals surface area contributed by atoms with Crippen molar-refractivity contribution in [2.75, 3.05) is 26.4 Å². The van der Waals surface area contributed by atoms with E-state index < -0.39 is 0 Å². The van der Waals surface area contributed by atoms with Crippen LogP contribution in [0.5, 0.6) is 11.5 Å². The number of aromatic nitrogens is 2. The lowest BCUT2D eigenvalue weighted by atomic mass is 9.70. The lowest BCUT2D eigenvalue weighted by Crippen LogP contribution is -2.49. The third-order valence-corrected chi connectivity index (χ3v) is 11.4. The number of benzene rings is 3. The van der Waals surface area contributed by atoms with Gasteiger partial charge in [-0.05, 0) is 106 Å². The summed E-state index contributed by atoms with van der Waals surface area (Å²) in [5.74, 6) is 2.98. The fourth-order valence-corrected chi connectivity index (χ4v) is 8.96. The van der Waals surface area contributed by atoms with E-state index in [0.717, 1.165) is 73.7 Å². The van der Waals surface area contributed by atoms with Crippen LogP contribution in [0.15, 0.2) is 72.8 Å². The highest BCUT2D eigenvalue weighted by molar-refractivity contribution is 5.77. The lowest BCUT2D eigenvalue weighted by Gasteiger charge is -2.45. The second kappa shape index (κ2) is 11.8. The van der Waals surface area contributed by atoms with Gasteiger partial charge in [0, 0.05) is 37.6 Å². The molecule has 234 valence electrons. The van der Waals surface area contributed by atoms with E-state index in [1.807, 2.05) is 18.2 Å². The number of aryl methyl sites for hydroxylation is 2. The van der Waals surface area contributed by atoms with Gasteiger partial charge in [0.25, 0.3) is 0 Å². The lowest BCUT2D eigenvalue weighted by molar-refractivity contribution is -0.132. The summed E-state index contributed by atoms with van der Waals surface area (Å²) in [6.07, 6.45) is 9.49. The van der Waals surface area contributed by atoms with Gasteiger partial charge in [0.15, 0.2) is 11.5 Å². The first-order chi connectivity index (χ1) is 22.1. The van der Waals surface area contributed by atoms with E-state index in [1.165, 1.54) is 36.8 Å². The maximum atomic E-state index is 13.3. The topological polar surface area (TPSA) is 59.8 Å². The molecule has 7 heteroatoms. The van der Waals surface area contributed by atoms with Crippen molar-refractivity contribution >= 4 is 16.9 Å². The number of rotatable bonds is 8. The highest BCUT2D eigenvalue weighted by Gasteiger charge is 2.44. The molecule has 3 aromatic carbocycles. The maximum Gasteiger partial charge on any atom is 0.231 e. The smallest absolute Gasteiger partial charge is 0.231 e. The summed E-state index contributed by atoms with van der Waals surface area (Å²) in [6.45, 7) is 5.25. The SMILES string of the molecule is Cc1nc2ccccc2n1C1C[C@H]2CC[C@@H](C1)N2CCC1(c2ccccc2)CCN(C(=O)CCc2ccc3c(c2)OCO3)CC1. The molecule has 45 heavy (non-hydrogen) atoms. The Balaban J connectivity index is 0.921. The van der Waals surface area contributed by atoms with Crippen LogP contribution in [0.3, 0.4) is 0 Å². The predicted molar refractivity (Wildman–Crippen MR) is 176 cm³/mol. The van der Waals surface area contributed by atoms with Gasteiger partial charge in [-0.1, -0.05) is 48.5 Å². The Labute approximate surface area is 266 Å². The predicted octanol–water partition coefficient (Wildman–Crippen LogP) is 6.82. The Kier molecular flexibility index (Phi) is 7.52. The zero-order chi connectivity index (χ0) is 30.4. The van der Waals surface area contributed by atoms with E-state index in [0.29, 0.717) is 24.5 Å². The minimum absolute atomic E-state index is 0.114. The molecule has 5 heterocycles. The fraction of sp³-hybridized carbons (Fsp3) is 0.474. The van der Waals surface area contributed by atoms with E-state index in [1.54, 1.807) is 0 Å². The van der Waals surface area contributed by atoms with Gasteiger partial charge in [-0.15, -0.1) is 0 Å². The number of carbonyl (C=O) groups is 1. The molecule has 2 bridgehead atoms. The van der Waals surface area contributed by atoms with Crippen LogP contribution >= 0.6 is 0 Å². The van der Waals surface area contributed by atoms with Gasteiger partial charge in [0.05, 0.1) is 11.0 Å². The van der Waals surface area contributed by atoms with Crippen molar-refractivity contribution < 1.29 is 14.3 Å². The van der Waals surface area contributed by atoms with Crippen molar-refractivity contribution in [2.45, 2.75) is 88.3 Å². The first-order valence-electron chi connectivity index (χ1n) is 17.0. The van der Waals surface area contributed by atoms with Gasteiger partial charge in [0.2, 0.25) is 12.7 Å². The van der Waals surface area contributed by atoms with E-state index in [2.05, 4.69) is 75.9 Å². The molecule has 0 aliphatic carbocycles. The maximum absolute atomic E-state index is 13.3. The van der Waals surface area contributed by atoms with Crippen molar-refractivity contribution in [3.05, 3.63) is 89.7 Å². The molecule has 7 nitrogen and oxygen atoms in total. The summed E-state index contributed by atoms with van der Waals surface area (Å²) in [4.78, 5) is 23.2. The average molecular weight is 605 g/mol. The molecule has 3 atom stereocenters. The van der Waals surface area contributed by atoms with Crippen LogP contribution in [-0.4, -0.2) is 63.8 Å². The zero-order valence-electron chi connectivity index (χ0n) is 26.4. The standard InChI is InChI=1S/C38H44N4O3/c1-27-39-33-9-5-6-10-34(33)42(27)32-24-30-13-14-31(25-32)41(30)22-19-38(29-7-3-2-4-8-29)17-20-40(21-18-38)37(43)16-12-28-11-15-35-36(23-28)45-26-44-35/h2-11,15,23,30-32H,12-14,16-22,24-26H2,1H3/t30-,31+,32?. The molecule has 1 amide bonds. The Bertz CT molecular complexity index is 1660. The van der Waals surface area contributed by atoms with Gasteiger partial charge in [-0.2, -0.15) is 0 Å². The number of likely N-dealkylation sites (tertiary alicyclic amines) is 1. The Morgan fingerprint density at radius 1 is 0.889 bits per heavy atom. The van der Waals surface area contributed by atoms with Crippen LogP contribution in [-0.2, 0) is 16.6 Å². The monoisotopic (exact) mass is 604 g/mol. The normalized spacial score (nSPS) is 23.9. The molecule has 4 aromatic rings. The molecule has 8 rings (SSSR count). The summed E-state index contributed by atoms with van der Waals surface area (Å²) in [7, 11) is 0. The number of fused-ring (bicyclic) bond motifs is 4. The molecule has 0 spiro atoms. The minimum Gasteiger partial charge on any atom is -0.454 e. The number of ether oxygens (including phenoxy) is 2. The summed E-state index contributed by atoms with van der Waals surface area (Å²) in [5.41, 5.74) is 5.08. The molecular formula is C38H44N4O3. The van der Waals surface area contributed by atoms with Crippen LogP contribution in [0.25, 0.3) is 11.0 Å². The van der Waals surface area contributed by atoms with Crippen molar-refractivity contribution in [1.82, 2.24) is 19.4 Å². The van der Waals surface area contributed by atoms with Gasteiger partial charge in [-0.3, -0.25) is 9.69 Å². The van der Waals surface area contributed by atoms with E-state index in [4.69, 9.17) is 14.5 Å². The average Bonchev–Trinajstić information content (AvgIpc) is 3.75. The Morgan fingerprint density at radius 3 is 2.42 bits per heavy atom. The van der Waals surface area contributed by atoms with Crippen LogP contribution in [0.1, 0.15) is 74.4 Å². The van der Waals surface area contributed by atoms with Gasteiger partial charge in [0.1, 0.15) is 5.82 Å². The van der Waals surface area contributed by atoms with Gasteiger partial charge < -0.3 is 18.9 Å². The second-order valence-electron chi connectivity index (χ2n) is 13.7. The molecule has 0 N–H and O–H groups in total. The third-order valence-electron chi connectivity index (χ3n) is 11.4. The molecule has 3 saturated heterocycles. The molecule has 0 radical (unpaired) electrons. The number of nitrogens with zero attached hydrogens (tertiary/aromatic N) is 4. The van der Waals surface area contributed by atoms with Gasteiger partial charge in [-0.25, -0.2) is 4.98 Å². The zero-order valence-corrected chi connectivity index (χ0v) is 26.4. The Morgan fingerprint density at radius 2 is 1.62 bits per heavy atom. The third kappa shape index (κ3) is 5.39. The molecule has 3 fully saturated rings. The number of hydrogen-bond donors (Lipinski definition) is 0. The molecule has 4 aliphatic heterocycles. The molecular weight excluding hydrogens is 560 g/mol. The van der Waals surface area contributed by atoms with E-state index >= 15 is 0 Å². The molecule has 4 aliphatic rings. The molecule has 1 unspecified atom stereocenters. The minimum atomic E-state index is 0.114. The van der Waals surface area contributed by atoms with E-state index in [9.17, 15) is 4.79 Å². The number of para-hydroxylation sites is 2. The quantitative estimate of drug-likeness (QED) is 0.221. The Hall–Kier alpha value is -3.84. The number of imidazole rings is 1. The first-order valence-corrected chi connectivity index (χ1v) is 17.0. The second-order valence-corrected chi connectivity index (χ2v) is 13.7. The highest BCUT2D eigenvalue weighted by Crippen LogP contribution is 2.45.